The summed E-state index contributed by atoms with van der Waals surface area (Å²) in [5.74, 6) is 0.575. The minimum absolute atomic E-state index is 0. The molecule has 0 aliphatic heterocycles. The van der Waals surface area contributed by atoms with Crippen LogP contribution in [0.1, 0.15) is 0 Å². The normalized spacial score (nSPS) is 10.4. The van der Waals surface area contributed by atoms with Gasteiger partial charge < -0.3 is 5.11 Å². The van der Waals surface area contributed by atoms with Crippen molar-refractivity contribution in [3.05, 3.63) is 109 Å². The molecule has 148 valence electrons. The molecule has 0 bridgehead atoms. The molecule has 0 N–H and O–H groups in total. The van der Waals surface area contributed by atoms with Gasteiger partial charge in [0.15, 0.2) is 5.82 Å². The van der Waals surface area contributed by atoms with Crippen molar-refractivity contribution >= 4 is 0 Å². The zero-order valence-corrected chi connectivity index (χ0v) is 23.9. The summed E-state index contributed by atoms with van der Waals surface area (Å²) in [6.45, 7) is 0. The van der Waals surface area contributed by atoms with Crippen LogP contribution >= 0.6 is 0 Å². The first-order valence-corrected chi connectivity index (χ1v) is 10.0. The number of nitrogens with zero attached hydrogens (tertiary/aromatic N) is 3. The molecule has 0 spiro atoms. The SMILES string of the molecule is [Cs+].[O-]c1ccc(-c2cc(-c3ccccc3)nc(-c3ccccc3)n2)cc1-c1ccccn1. The van der Waals surface area contributed by atoms with Crippen LogP contribution in [0.2, 0.25) is 0 Å². The van der Waals surface area contributed by atoms with Gasteiger partial charge in [0.2, 0.25) is 0 Å². The molecule has 0 aliphatic carbocycles. The van der Waals surface area contributed by atoms with Crippen LogP contribution in [0, 0.1) is 0 Å². The van der Waals surface area contributed by atoms with Crippen LogP contribution in [0.3, 0.4) is 0 Å². The van der Waals surface area contributed by atoms with Crippen molar-refractivity contribution in [3.63, 3.8) is 0 Å². The van der Waals surface area contributed by atoms with Crippen molar-refractivity contribution in [1.82, 2.24) is 15.0 Å². The van der Waals surface area contributed by atoms with Crippen LogP contribution in [0.15, 0.2) is 109 Å². The third kappa shape index (κ3) is 5.04. The van der Waals surface area contributed by atoms with Crippen molar-refractivity contribution in [1.29, 1.82) is 0 Å². The molecule has 0 saturated carbocycles. The topological polar surface area (TPSA) is 61.7 Å². The van der Waals surface area contributed by atoms with Gasteiger partial charge in [-0.05, 0) is 29.8 Å². The quantitative estimate of drug-likeness (QED) is 0.357. The standard InChI is InChI=1S/C27H19N3O.Cs/c31-26-15-14-21(17-22(26)23-13-7-8-16-28-23)25-18-24(19-9-3-1-4-10-19)29-27(30-25)20-11-5-2-6-12-20;/h1-18,31H;/q;+1/p-1. The maximum atomic E-state index is 12.5. The van der Waals surface area contributed by atoms with E-state index in [1.807, 2.05) is 91.0 Å². The van der Waals surface area contributed by atoms with E-state index >= 15 is 0 Å². The minimum atomic E-state index is -0.0666. The summed E-state index contributed by atoms with van der Waals surface area (Å²) in [7, 11) is 0. The summed E-state index contributed by atoms with van der Waals surface area (Å²) < 4.78 is 0. The van der Waals surface area contributed by atoms with Gasteiger partial charge in [-0.15, -0.1) is 0 Å². The van der Waals surface area contributed by atoms with Crippen LogP contribution in [0.5, 0.6) is 5.75 Å². The van der Waals surface area contributed by atoms with Crippen LogP contribution in [0.4, 0.5) is 0 Å². The zero-order chi connectivity index (χ0) is 21.0. The Bertz CT molecular complexity index is 1270. The largest absolute Gasteiger partial charge is 1.00 e. The molecule has 0 amide bonds. The fraction of sp³-hybridized carbons (Fsp3) is 0. The molecule has 4 nitrogen and oxygen atoms in total. The van der Waals surface area contributed by atoms with Crippen LogP contribution in [0.25, 0.3) is 45.2 Å². The summed E-state index contributed by atoms with van der Waals surface area (Å²) in [4.78, 5) is 14.0. The fourth-order valence-electron chi connectivity index (χ4n) is 3.48. The molecular weight excluding hydrogens is 515 g/mol. The number of pyridine rings is 1. The van der Waals surface area contributed by atoms with E-state index in [0.717, 1.165) is 28.1 Å². The minimum Gasteiger partial charge on any atom is -0.872 e. The summed E-state index contributed by atoms with van der Waals surface area (Å²) in [6.07, 6.45) is 1.69. The maximum Gasteiger partial charge on any atom is 1.00 e. The van der Waals surface area contributed by atoms with Gasteiger partial charge in [0.05, 0.1) is 17.1 Å². The van der Waals surface area contributed by atoms with Gasteiger partial charge in [-0.25, -0.2) is 9.97 Å². The Labute approximate surface area is 245 Å². The van der Waals surface area contributed by atoms with Gasteiger partial charge in [0.25, 0.3) is 0 Å². The second kappa shape index (κ2) is 10.6. The van der Waals surface area contributed by atoms with Crippen LogP contribution in [-0.4, -0.2) is 15.0 Å². The van der Waals surface area contributed by atoms with Crippen molar-refractivity contribution < 1.29 is 74.0 Å². The van der Waals surface area contributed by atoms with E-state index < -0.39 is 0 Å². The van der Waals surface area contributed by atoms with Crippen molar-refractivity contribution in [2.45, 2.75) is 0 Å². The average molecular weight is 533 g/mol. The van der Waals surface area contributed by atoms with E-state index in [4.69, 9.17) is 9.97 Å². The predicted octanol–water partition coefficient (Wildman–Crippen LogP) is 2.62. The van der Waals surface area contributed by atoms with Crippen molar-refractivity contribution in [3.8, 4) is 50.9 Å². The molecule has 0 saturated heterocycles. The van der Waals surface area contributed by atoms with Crippen LogP contribution in [-0.2, 0) is 0 Å². The van der Waals surface area contributed by atoms with E-state index in [-0.39, 0.29) is 74.6 Å². The molecule has 5 rings (SSSR count). The summed E-state index contributed by atoms with van der Waals surface area (Å²) in [5, 5.41) is 12.5. The number of rotatable bonds is 4. The Morgan fingerprint density at radius 1 is 0.531 bits per heavy atom. The second-order valence-electron chi connectivity index (χ2n) is 7.12. The first kappa shape index (κ1) is 22.9. The Balaban J connectivity index is 0.00000245. The Kier molecular flexibility index (Phi) is 7.57. The van der Waals surface area contributed by atoms with E-state index in [2.05, 4.69) is 4.98 Å². The monoisotopic (exact) mass is 533 g/mol. The molecule has 0 atom stereocenters. The third-order valence-electron chi connectivity index (χ3n) is 5.04. The Hall–Kier alpha value is -2.26. The molecule has 2 heterocycles. The molecule has 32 heavy (non-hydrogen) atoms. The van der Waals surface area contributed by atoms with Crippen molar-refractivity contribution in [2.75, 3.05) is 0 Å². The number of aromatic nitrogens is 3. The van der Waals surface area contributed by atoms with Crippen molar-refractivity contribution in [2.24, 2.45) is 0 Å². The maximum absolute atomic E-state index is 12.5. The van der Waals surface area contributed by atoms with Crippen LogP contribution < -0.4 is 74.0 Å². The summed E-state index contributed by atoms with van der Waals surface area (Å²) in [6, 6.07) is 32.7. The van der Waals surface area contributed by atoms with Gasteiger partial charge >= 0.3 is 68.9 Å². The molecule has 2 aromatic heterocycles. The molecule has 5 heteroatoms. The molecular formula is C27H18CsN3O. The molecule has 0 fully saturated rings. The zero-order valence-electron chi connectivity index (χ0n) is 17.6. The van der Waals surface area contributed by atoms with Gasteiger partial charge in [0.1, 0.15) is 0 Å². The molecule has 0 aliphatic rings. The Morgan fingerprint density at radius 3 is 1.81 bits per heavy atom. The third-order valence-corrected chi connectivity index (χ3v) is 5.04. The van der Waals surface area contributed by atoms with Gasteiger partial charge in [-0.1, -0.05) is 84.6 Å². The summed E-state index contributed by atoms with van der Waals surface area (Å²) in [5.41, 5.74) is 5.58. The first-order valence-electron chi connectivity index (χ1n) is 10.0. The van der Waals surface area contributed by atoms with E-state index in [1.54, 1.807) is 18.3 Å². The summed E-state index contributed by atoms with van der Waals surface area (Å²) >= 11 is 0. The predicted molar refractivity (Wildman–Crippen MR) is 121 cm³/mol. The first-order chi connectivity index (χ1) is 15.3. The molecule has 5 aromatic rings. The van der Waals surface area contributed by atoms with E-state index in [9.17, 15) is 5.11 Å². The van der Waals surface area contributed by atoms with Gasteiger partial charge in [-0.3, -0.25) is 4.98 Å². The smallest absolute Gasteiger partial charge is 0.872 e. The number of hydrogen-bond acceptors (Lipinski definition) is 4. The number of benzene rings is 3. The van der Waals surface area contributed by atoms with Gasteiger partial charge in [-0.2, -0.15) is 0 Å². The average Bonchev–Trinajstić information content (AvgIpc) is 2.86. The van der Waals surface area contributed by atoms with Gasteiger partial charge in [0, 0.05) is 22.9 Å². The van der Waals surface area contributed by atoms with E-state index in [1.165, 1.54) is 0 Å². The Morgan fingerprint density at radius 2 is 1.16 bits per heavy atom. The fourth-order valence-corrected chi connectivity index (χ4v) is 3.48. The second-order valence-corrected chi connectivity index (χ2v) is 7.12. The van der Waals surface area contributed by atoms with E-state index in [0.29, 0.717) is 17.1 Å². The molecule has 0 radical (unpaired) electrons. The molecule has 3 aromatic carbocycles. The molecule has 0 unspecified atom stereocenters. The number of hydrogen-bond donors (Lipinski definition) is 0.